The molecular formula is C25H28FN7O2. The highest BCUT2D eigenvalue weighted by molar-refractivity contribution is 6.00. The summed E-state index contributed by atoms with van der Waals surface area (Å²) < 4.78 is 15.9. The molecule has 10 heteroatoms. The van der Waals surface area contributed by atoms with Crippen LogP contribution in [0.4, 0.5) is 10.1 Å². The van der Waals surface area contributed by atoms with Gasteiger partial charge in [0.15, 0.2) is 0 Å². The highest BCUT2D eigenvalue weighted by atomic mass is 19.1. The molecule has 1 aliphatic heterocycles. The number of aromatic nitrogens is 3. The number of hydrogen-bond donors (Lipinski definition) is 4. The van der Waals surface area contributed by atoms with Gasteiger partial charge < -0.3 is 21.1 Å². The minimum atomic E-state index is -1.61. The normalized spacial score (nSPS) is 22.2. The number of carbonyl (C=O) groups is 1. The average Bonchev–Trinajstić information content (AvgIpc) is 3.20. The Balaban J connectivity index is 1.43. The number of halogens is 1. The molecule has 3 aromatic rings. The maximum Gasteiger partial charge on any atom is 0.255 e. The number of alkyl halides is 1. The van der Waals surface area contributed by atoms with Gasteiger partial charge >= 0.3 is 0 Å². The highest BCUT2D eigenvalue weighted by Crippen LogP contribution is 2.41. The number of hydrogen-bond acceptors (Lipinski definition) is 7. The molecule has 4 heterocycles. The van der Waals surface area contributed by atoms with E-state index >= 15 is 0 Å². The van der Waals surface area contributed by atoms with Crippen LogP contribution in [0.25, 0.3) is 16.9 Å². The standard InChI is InChI=1S/C25H28FN7O2/c1-24(2,35)22(26)14-29-23(34)18-13-28-20(8-19(18)32-16-9-25(10-16)5-6-30-25)21-4-3-17-7-15(11-27)12-31-33(17)21/h3-4,7-8,12-13,16,22,30,35H,5-6,9-10,14H2,1-2H3,(H,28,32)(H,29,34)/t16?,22-,25?/m1/s1. The van der Waals surface area contributed by atoms with E-state index in [4.69, 9.17) is 5.26 Å². The lowest BCUT2D eigenvalue weighted by atomic mass is 9.66. The van der Waals surface area contributed by atoms with Crippen molar-refractivity contribution in [2.45, 2.75) is 56.5 Å². The number of rotatable bonds is 7. The van der Waals surface area contributed by atoms with Crippen LogP contribution in [-0.4, -0.2) is 62.1 Å². The number of anilines is 1. The first-order chi connectivity index (χ1) is 16.7. The number of fused-ring (bicyclic) bond motifs is 1. The Morgan fingerprint density at radius 3 is 2.83 bits per heavy atom. The summed E-state index contributed by atoms with van der Waals surface area (Å²) in [6, 6.07) is 9.55. The average molecular weight is 478 g/mol. The van der Waals surface area contributed by atoms with E-state index in [0.717, 1.165) is 37.0 Å². The van der Waals surface area contributed by atoms with Gasteiger partial charge in [0.2, 0.25) is 0 Å². The van der Waals surface area contributed by atoms with Crippen LogP contribution < -0.4 is 16.0 Å². The van der Waals surface area contributed by atoms with Crippen LogP contribution in [0.5, 0.6) is 0 Å². The van der Waals surface area contributed by atoms with Gasteiger partial charge in [0.1, 0.15) is 12.2 Å². The molecule has 2 aliphatic rings. The first kappa shape index (κ1) is 23.2. The molecule has 0 aromatic carbocycles. The fraction of sp³-hybridized carbons (Fsp3) is 0.440. The number of amides is 1. The summed E-state index contributed by atoms with van der Waals surface area (Å²) in [7, 11) is 0. The molecule has 1 saturated heterocycles. The molecule has 1 amide bonds. The predicted molar refractivity (Wildman–Crippen MR) is 129 cm³/mol. The van der Waals surface area contributed by atoms with Crippen molar-refractivity contribution in [3.63, 3.8) is 0 Å². The summed E-state index contributed by atoms with van der Waals surface area (Å²) >= 11 is 0. The van der Waals surface area contributed by atoms with Crippen molar-refractivity contribution in [2.24, 2.45) is 0 Å². The molecule has 1 spiro atoms. The Kier molecular flexibility index (Phi) is 5.69. The van der Waals surface area contributed by atoms with Crippen LogP contribution in [-0.2, 0) is 0 Å². The molecule has 5 rings (SSSR count). The molecule has 4 N–H and O–H groups in total. The van der Waals surface area contributed by atoms with Crippen LogP contribution in [0.1, 0.15) is 49.0 Å². The van der Waals surface area contributed by atoms with Crippen molar-refractivity contribution in [1.29, 1.82) is 5.26 Å². The lowest BCUT2D eigenvalue weighted by Gasteiger charge is -2.55. The molecule has 1 aliphatic carbocycles. The summed E-state index contributed by atoms with van der Waals surface area (Å²) in [6.45, 7) is 3.45. The molecule has 9 nitrogen and oxygen atoms in total. The lowest BCUT2D eigenvalue weighted by Crippen LogP contribution is -2.67. The van der Waals surface area contributed by atoms with Crippen molar-refractivity contribution >= 4 is 17.1 Å². The van der Waals surface area contributed by atoms with E-state index in [1.165, 1.54) is 26.2 Å². The Morgan fingerprint density at radius 2 is 2.17 bits per heavy atom. The van der Waals surface area contributed by atoms with E-state index in [1.54, 1.807) is 16.6 Å². The van der Waals surface area contributed by atoms with Gasteiger partial charge in [0, 0.05) is 17.8 Å². The SMILES string of the molecule is CC(C)(O)[C@H](F)CNC(=O)c1cnc(-c2ccc3cc(C#N)cnn23)cc1NC1CC2(CCN2)C1. The van der Waals surface area contributed by atoms with Crippen LogP contribution in [0.2, 0.25) is 0 Å². The second kappa shape index (κ2) is 8.59. The number of aliphatic hydroxyl groups is 1. The number of nitriles is 1. The van der Waals surface area contributed by atoms with E-state index in [-0.39, 0.29) is 18.1 Å². The van der Waals surface area contributed by atoms with E-state index in [2.05, 4.69) is 32.1 Å². The van der Waals surface area contributed by atoms with Gasteiger partial charge in [-0.15, -0.1) is 0 Å². The largest absolute Gasteiger partial charge is 0.387 e. The van der Waals surface area contributed by atoms with Gasteiger partial charge in [-0.2, -0.15) is 10.4 Å². The maximum absolute atomic E-state index is 14.2. The van der Waals surface area contributed by atoms with Gasteiger partial charge in [-0.25, -0.2) is 8.91 Å². The van der Waals surface area contributed by atoms with Crippen LogP contribution in [0.3, 0.4) is 0 Å². The van der Waals surface area contributed by atoms with E-state index in [1.807, 2.05) is 12.1 Å². The summed E-state index contributed by atoms with van der Waals surface area (Å²) in [6.07, 6.45) is 4.44. The van der Waals surface area contributed by atoms with Gasteiger partial charge in [-0.3, -0.25) is 9.78 Å². The number of nitrogens with one attached hydrogen (secondary N) is 3. The Bertz CT molecular complexity index is 1310. The van der Waals surface area contributed by atoms with E-state index in [9.17, 15) is 14.3 Å². The van der Waals surface area contributed by atoms with Gasteiger partial charge in [-0.05, 0) is 63.9 Å². The molecule has 0 unspecified atom stereocenters. The summed E-state index contributed by atoms with van der Waals surface area (Å²) in [5.41, 5.74) is 2.12. The van der Waals surface area contributed by atoms with Gasteiger partial charge in [0.05, 0.1) is 52.1 Å². The number of nitrogens with zero attached hydrogens (tertiary/aromatic N) is 4. The number of carbonyl (C=O) groups excluding carboxylic acids is 1. The van der Waals surface area contributed by atoms with Crippen LogP contribution >= 0.6 is 0 Å². The lowest BCUT2D eigenvalue weighted by molar-refractivity contribution is -0.00177. The molecule has 0 radical (unpaired) electrons. The van der Waals surface area contributed by atoms with E-state index < -0.39 is 17.7 Å². The Labute approximate surface area is 202 Å². The van der Waals surface area contributed by atoms with E-state index in [0.29, 0.717) is 22.5 Å². The maximum atomic E-state index is 14.2. The van der Waals surface area contributed by atoms with Crippen LogP contribution in [0.15, 0.2) is 36.7 Å². The fourth-order valence-corrected chi connectivity index (χ4v) is 4.71. The Morgan fingerprint density at radius 1 is 1.40 bits per heavy atom. The predicted octanol–water partition coefficient (Wildman–Crippen LogP) is 2.41. The summed E-state index contributed by atoms with van der Waals surface area (Å²) in [5.74, 6) is -0.467. The smallest absolute Gasteiger partial charge is 0.255 e. The second-order valence-corrected chi connectivity index (χ2v) is 10.1. The van der Waals surface area contributed by atoms with Crippen molar-refractivity contribution in [1.82, 2.24) is 25.2 Å². The second-order valence-electron chi connectivity index (χ2n) is 10.1. The van der Waals surface area contributed by atoms with Crippen LogP contribution in [0, 0.1) is 11.3 Å². The molecule has 182 valence electrons. The zero-order chi connectivity index (χ0) is 24.8. The molecule has 2 fully saturated rings. The summed E-state index contributed by atoms with van der Waals surface area (Å²) in [5, 5.41) is 32.9. The molecular weight excluding hydrogens is 449 g/mol. The third kappa shape index (κ3) is 4.45. The molecule has 0 bridgehead atoms. The first-order valence-electron chi connectivity index (χ1n) is 11.7. The van der Waals surface area contributed by atoms with Crippen molar-refractivity contribution < 1.29 is 14.3 Å². The minimum absolute atomic E-state index is 0.204. The molecule has 1 saturated carbocycles. The summed E-state index contributed by atoms with van der Waals surface area (Å²) in [4.78, 5) is 17.5. The molecule has 3 aromatic heterocycles. The zero-order valence-corrected chi connectivity index (χ0v) is 19.7. The van der Waals surface area contributed by atoms with Crippen molar-refractivity contribution in [2.75, 3.05) is 18.4 Å². The first-order valence-corrected chi connectivity index (χ1v) is 11.7. The quantitative estimate of drug-likeness (QED) is 0.412. The Hall–Kier alpha value is -3.55. The fourth-order valence-electron chi connectivity index (χ4n) is 4.71. The minimum Gasteiger partial charge on any atom is -0.387 e. The van der Waals surface area contributed by atoms with Gasteiger partial charge in [-0.1, -0.05) is 0 Å². The number of pyridine rings is 1. The zero-order valence-electron chi connectivity index (χ0n) is 19.7. The topological polar surface area (TPSA) is 127 Å². The third-order valence-electron chi connectivity index (χ3n) is 6.99. The molecule has 35 heavy (non-hydrogen) atoms. The third-order valence-corrected chi connectivity index (χ3v) is 6.99. The van der Waals surface area contributed by atoms with Gasteiger partial charge in [0.25, 0.3) is 5.91 Å². The molecule has 1 atom stereocenters. The monoisotopic (exact) mass is 477 g/mol. The highest BCUT2D eigenvalue weighted by Gasteiger charge is 2.48. The van der Waals surface area contributed by atoms with Crippen molar-refractivity contribution in [3.05, 3.63) is 47.8 Å². The van der Waals surface area contributed by atoms with Crippen molar-refractivity contribution in [3.8, 4) is 17.5 Å².